The van der Waals surface area contributed by atoms with E-state index in [0.717, 1.165) is 36.5 Å². The normalized spacial score (nSPS) is 17.9. The van der Waals surface area contributed by atoms with Gasteiger partial charge in [0.2, 0.25) is 0 Å². The lowest BCUT2D eigenvalue weighted by atomic mass is 10.00. The van der Waals surface area contributed by atoms with Gasteiger partial charge in [0.25, 0.3) is 5.91 Å². The molecule has 7 heteroatoms. The van der Waals surface area contributed by atoms with E-state index in [2.05, 4.69) is 15.6 Å². The van der Waals surface area contributed by atoms with E-state index in [9.17, 15) is 4.79 Å². The van der Waals surface area contributed by atoms with E-state index in [-0.39, 0.29) is 5.91 Å². The number of benzene rings is 1. The number of thiazole rings is 1. The van der Waals surface area contributed by atoms with Crippen molar-refractivity contribution in [1.82, 2.24) is 15.6 Å². The standard InChI is InChI=1S/C16H17Cl2N3OS/c17-11-3-4-12(13(18)6-11)16-21-14(9-23-16)15(22)20-8-10-2-1-5-19-7-10/h3-4,6,9-10,19H,1-2,5,7-8H2,(H,20,22). The smallest absolute Gasteiger partial charge is 0.270 e. The van der Waals surface area contributed by atoms with Crippen molar-refractivity contribution in [2.75, 3.05) is 19.6 Å². The van der Waals surface area contributed by atoms with Gasteiger partial charge in [-0.15, -0.1) is 11.3 Å². The van der Waals surface area contributed by atoms with E-state index >= 15 is 0 Å². The third-order valence-corrected chi connectivity index (χ3v) is 5.27. The highest BCUT2D eigenvalue weighted by Gasteiger charge is 2.17. The average molecular weight is 370 g/mol. The van der Waals surface area contributed by atoms with Crippen LogP contribution < -0.4 is 10.6 Å². The number of piperidine rings is 1. The molecule has 4 nitrogen and oxygen atoms in total. The van der Waals surface area contributed by atoms with E-state index in [0.29, 0.717) is 28.2 Å². The first kappa shape index (κ1) is 16.7. The first-order valence-corrected chi connectivity index (χ1v) is 9.17. The molecule has 3 rings (SSSR count). The fraction of sp³-hybridized carbons (Fsp3) is 0.375. The summed E-state index contributed by atoms with van der Waals surface area (Å²) < 4.78 is 0. The van der Waals surface area contributed by atoms with Crippen molar-refractivity contribution in [1.29, 1.82) is 0 Å². The highest BCUT2D eigenvalue weighted by atomic mass is 35.5. The summed E-state index contributed by atoms with van der Waals surface area (Å²) in [6.07, 6.45) is 2.31. The average Bonchev–Trinajstić information content (AvgIpc) is 3.03. The van der Waals surface area contributed by atoms with Gasteiger partial charge in [0.1, 0.15) is 10.7 Å². The number of halogens is 2. The van der Waals surface area contributed by atoms with Gasteiger partial charge in [-0.3, -0.25) is 4.79 Å². The monoisotopic (exact) mass is 369 g/mol. The molecule has 0 spiro atoms. The Kier molecular flexibility index (Phi) is 5.54. The number of nitrogens with zero attached hydrogens (tertiary/aromatic N) is 1. The van der Waals surface area contributed by atoms with Crippen molar-refractivity contribution >= 4 is 40.4 Å². The Morgan fingerprint density at radius 2 is 2.30 bits per heavy atom. The predicted octanol–water partition coefficient (Wildman–Crippen LogP) is 3.85. The summed E-state index contributed by atoms with van der Waals surface area (Å²) in [6, 6.07) is 5.26. The van der Waals surface area contributed by atoms with Crippen LogP contribution >= 0.6 is 34.5 Å². The molecule has 2 aromatic rings. The van der Waals surface area contributed by atoms with Crippen LogP contribution in [-0.4, -0.2) is 30.5 Å². The van der Waals surface area contributed by atoms with Crippen molar-refractivity contribution in [3.63, 3.8) is 0 Å². The summed E-state index contributed by atoms with van der Waals surface area (Å²) in [7, 11) is 0. The Labute approximate surface area is 149 Å². The highest BCUT2D eigenvalue weighted by molar-refractivity contribution is 7.13. The van der Waals surface area contributed by atoms with Gasteiger partial charge in [0.15, 0.2) is 0 Å². The quantitative estimate of drug-likeness (QED) is 0.860. The van der Waals surface area contributed by atoms with Gasteiger partial charge < -0.3 is 10.6 Å². The number of aromatic nitrogens is 1. The summed E-state index contributed by atoms with van der Waals surface area (Å²) in [6.45, 7) is 2.71. The molecule has 1 aromatic heterocycles. The van der Waals surface area contributed by atoms with E-state index in [1.54, 1.807) is 17.5 Å². The SMILES string of the molecule is O=C(NCC1CCCNC1)c1csc(-c2ccc(Cl)cc2Cl)n1. The van der Waals surface area contributed by atoms with Crippen LogP contribution in [0.5, 0.6) is 0 Å². The second-order valence-corrected chi connectivity index (χ2v) is 7.29. The fourth-order valence-corrected chi connectivity index (χ4v) is 3.98. The minimum absolute atomic E-state index is 0.136. The zero-order valence-corrected chi connectivity index (χ0v) is 14.8. The number of carbonyl (C=O) groups is 1. The Morgan fingerprint density at radius 1 is 1.43 bits per heavy atom. The Hall–Kier alpha value is -1.14. The largest absolute Gasteiger partial charge is 0.350 e. The van der Waals surface area contributed by atoms with Crippen molar-refractivity contribution < 1.29 is 4.79 Å². The zero-order chi connectivity index (χ0) is 16.2. The number of hydrogen-bond donors (Lipinski definition) is 2. The molecule has 1 aliphatic heterocycles. The third kappa shape index (κ3) is 4.23. The van der Waals surface area contributed by atoms with Crippen LogP contribution in [0.1, 0.15) is 23.3 Å². The first-order valence-electron chi connectivity index (χ1n) is 7.53. The van der Waals surface area contributed by atoms with Crippen LogP contribution in [0.2, 0.25) is 10.0 Å². The van der Waals surface area contributed by atoms with Crippen LogP contribution in [0.3, 0.4) is 0 Å². The van der Waals surface area contributed by atoms with Crippen LogP contribution in [0, 0.1) is 5.92 Å². The third-order valence-electron chi connectivity index (χ3n) is 3.85. The lowest BCUT2D eigenvalue weighted by Crippen LogP contribution is -2.38. The number of hydrogen-bond acceptors (Lipinski definition) is 4. The molecule has 1 unspecified atom stereocenters. The molecule has 0 aliphatic carbocycles. The maximum absolute atomic E-state index is 12.2. The van der Waals surface area contributed by atoms with Crippen molar-refractivity contribution in [3.05, 3.63) is 39.3 Å². The van der Waals surface area contributed by atoms with Crippen LogP contribution in [0.15, 0.2) is 23.6 Å². The molecule has 1 amide bonds. The van der Waals surface area contributed by atoms with Gasteiger partial charge in [-0.2, -0.15) is 0 Å². The molecule has 1 aliphatic rings. The molecule has 0 radical (unpaired) electrons. The highest BCUT2D eigenvalue weighted by Crippen LogP contribution is 2.32. The van der Waals surface area contributed by atoms with Gasteiger partial charge in [0.05, 0.1) is 5.02 Å². The van der Waals surface area contributed by atoms with E-state index in [4.69, 9.17) is 23.2 Å². The minimum atomic E-state index is -0.136. The Balaban J connectivity index is 1.65. The molecule has 1 fully saturated rings. The van der Waals surface area contributed by atoms with Crippen molar-refractivity contribution in [2.24, 2.45) is 5.92 Å². The predicted molar refractivity (Wildman–Crippen MR) is 95.5 cm³/mol. The minimum Gasteiger partial charge on any atom is -0.350 e. The van der Waals surface area contributed by atoms with E-state index < -0.39 is 0 Å². The zero-order valence-electron chi connectivity index (χ0n) is 12.4. The second-order valence-electron chi connectivity index (χ2n) is 5.58. The molecule has 0 bridgehead atoms. The molecule has 1 aromatic carbocycles. The summed E-state index contributed by atoms with van der Waals surface area (Å²) in [5, 5.41) is 9.90. The molecule has 23 heavy (non-hydrogen) atoms. The summed E-state index contributed by atoms with van der Waals surface area (Å²) in [5.41, 5.74) is 1.22. The molecule has 2 heterocycles. The number of nitrogens with one attached hydrogen (secondary N) is 2. The Morgan fingerprint density at radius 3 is 3.04 bits per heavy atom. The number of amides is 1. The fourth-order valence-electron chi connectivity index (χ4n) is 2.59. The topological polar surface area (TPSA) is 54.0 Å². The summed E-state index contributed by atoms with van der Waals surface area (Å²) in [5.74, 6) is 0.361. The summed E-state index contributed by atoms with van der Waals surface area (Å²) >= 11 is 13.5. The number of rotatable bonds is 4. The van der Waals surface area contributed by atoms with Gasteiger partial charge in [-0.1, -0.05) is 23.2 Å². The molecule has 122 valence electrons. The lowest BCUT2D eigenvalue weighted by molar-refractivity contribution is 0.0940. The maximum atomic E-state index is 12.2. The van der Waals surface area contributed by atoms with Crippen LogP contribution in [0.25, 0.3) is 10.6 Å². The van der Waals surface area contributed by atoms with Crippen LogP contribution in [-0.2, 0) is 0 Å². The molecular formula is C16H17Cl2N3OS. The van der Waals surface area contributed by atoms with Gasteiger partial charge in [-0.25, -0.2) is 4.98 Å². The maximum Gasteiger partial charge on any atom is 0.270 e. The van der Waals surface area contributed by atoms with Crippen molar-refractivity contribution in [3.8, 4) is 10.6 Å². The molecule has 0 saturated carbocycles. The lowest BCUT2D eigenvalue weighted by Gasteiger charge is -2.22. The Bertz CT molecular complexity index is 698. The first-order chi connectivity index (χ1) is 11.1. The molecule has 1 saturated heterocycles. The molecular weight excluding hydrogens is 353 g/mol. The number of carbonyl (C=O) groups excluding carboxylic acids is 1. The molecule has 2 N–H and O–H groups in total. The van der Waals surface area contributed by atoms with E-state index in [1.807, 2.05) is 6.07 Å². The van der Waals surface area contributed by atoms with Crippen LogP contribution in [0.4, 0.5) is 0 Å². The molecule has 1 atom stereocenters. The van der Waals surface area contributed by atoms with E-state index in [1.165, 1.54) is 11.3 Å². The van der Waals surface area contributed by atoms with Crippen molar-refractivity contribution in [2.45, 2.75) is 12.8 Å². The van der Waals surface area contributed by atoms with Gasteiger partial charge in [-0.05, 0) is 50.0 Å². The second kappa shape index (κ2) is 7.62. The summed E-state index contributed by atoms with van der Waals surface area (Å²) in [4.78, 5) is 16.6. The van der Waals surface area contributed by atoms with Gasteiger partial charge in [0, 0.05) is 22.5 Å². The van der Waals surface area contributed by atoms with Gasteiger partial charge >= 0.3 is 0 Å².